The molecule has 3 aromatic rings. The van der Waals surface area contributed by atoms with E-state index in [2.05, 4.69) is 15.4 Å². The lowest BCUT2D eigenvalue weighted by atomic mass is 10.1. The minimum absolute atomic E-state index is 0.149. The second kappa shape index (κ2) is 5.40. The molecule has 0 amide bonds. The van der Waals surface area contributed by atoms with Gasteiger partial charge in [0.25, 0.3) is 0 Å². The molecule has 0 spiro atoms. The van der Waals surface area contributed by atoms with Gasteiger partial charge in [0.15, 0.2) is 5.65 Å². The van der Waals surface area contributed by atoms with Crippen molar-refractivity contribution >= 4 is 11.5 Å². The molecular weight excluding hydrogens is 271 g/mol. The minimum atomic E-state index is -0.294. The number of rotatable bonds is 4. The number of aromatic nitrogens is 3. The van der Waals surface area contributed by atoms with Crippen molar-refractivity contribution in [3.05, 3.63) is 54.1 Å². The Morgan fingerprint density at radius 1 is 1.29 bits per heavy atom. The molecule has 0 bridgehead atoms. The summed E-state index contributed by atoms with van der Waals surface area (Å²) in [6, 6.07) is 8.02. The molecule has 2 aromatic heterocycles. The van der Waals surface area contributed by atoms with E-state index in [0.717, 1.165) is 11.2 Å². The van der Waals surface area contributed by atoms with Crippen LogP contribution in [0.2, 0.25) is 0 Å². The first-order valence-corrected chi connectivity index (χ1v) is 6.58. The zero-order valence-electron chi connectivity index (χ0n) is 11.7. The summed E-state index contributed by atoms with van der Waals surface area (Å²) in [5.74, 6) is 1.02. The van der Waals surface area contributed by atoms with Crippen molar-refractivity contribution < 1.29 is 9.13 Å². The molecule has 0 aliphatic rings. The number of ether oxygens (including phenoxy) is 1. The van der Waals surface area contributed by atoms with Crippen molar-refractivity contribution in [3.8, 4) is 5.75 Å². The van der Waals surface area contributed by atoms with E-state index in [9.17, 15) is 4.39 Å². The van der Waals surface area contributed by atoms with E-state index in [1.54, 1.807) is 30.1 Å². The first-order chi connectivity index (χ1) is 10.2. The van der Waals surface area contributed by atoms with Gasteiger partial charge in [-0.15, -0.1) is 5.10 Å². The number of benzene rings is 1. The van der Waals surface area contributed by atoms with E-state index in [1.165, 1.54) is 12.1 Å². The van der Waals surface area contributed by atoms with E-state index in [4.69, 9.17) is 4.74 Å². The average Bonchev–Trinajstić information content (AvgIpc) is 2.94. The Morgan fingerprint density at radius 2 is 2.14 bits per heavy atom. The topological polar surface area (TPSA) is 51.5 Å². The predicted molar refractivity (Wildman–Crippen MR) is 78.0 cm³/mol. The molecule has 2 heterocycles. The molecule has 0 aliphatic carbocycles. The summed E-state index contributed by atoms with van der Waals surface area (Å²) in [6.07, 6.45) is 3.46. The third-order valence-corrected chi connectivity index (χ3v) is 3.28. The maximum absolute atomic E-state index is 13.4. The second-order valence-corrected chi connectivity index (χ2v) is 4.70. The Morgan fingerprint density at radius 3 is 2.95 bits per heavy atom. The molecule has 21 heavy (non-hydrogen) atoms. The molecule has 0 unspecified atom stereocenters. The molecule has 0 radical (unpaired) electrons. The van der Waals surface area contributed by atoms with Crippen LogP contribution in [0, 0.1) is 5.82 Å². The van der Waals surface area contributed by atoms with Gasteiger partial charge in [-0.2, -0.15) is 0 Å². The van der Waals surface area contributed by atoms with Crippen molar-refractivity contribution in [2.24, 2.45) is 0 Å². The Balaban J connectivity index is 1.88. The number of nitrogens with zero attached hydrogens (tertiary/aromatic N) is 3. The number of nitrogens with one attached hydrogen (secondary N) is 1. The lowest BCUT2D eigenvalue weighted by Gasteiger charge is -2.17. The van der Waals surface area contributed by atoms with Crippen molar-refractivity contribution in [1.29, 1.82) is 0 Å². The maximum Gasteiger partial charge on any atom is 0.153 e. The predicted octanol–water partition coefficient (Wildman–Crippen LogP) is 3.05. The standard InChI is InChI=1S/C15H15FN4O/c1-10(12-9-11(16)3-4-13(12)21-2)18-14-5-6-15-17-7-8-20(15)19-14/h3-10H,1-2H3,(H,18,19)/t10-/m1/s1. The summed E-state index contributed by atoms with van der Waals surface area (Å²) >= 11 is 0. The minimum Gasteiger partial charge on any atom is -0.496 e. The third kappa shape index (κ3) is 2.65. The number of halogens is 1. The van der Waals surface area contributed by atoms with E-state index in [1.807, 2.05) is 19.1 Å². The number of methoxy groups -OCH3 is 1. The van der Waals surface area contributed by atoms with Crippen LogP contribution in [-0.2, 0) is 0 Å². The van der Waals surface area contributed by atoms with Crippen LogP contribution in [0.15, 0.2) is 42.7 Å². The Bertz CT molecular complexity index is 771. The van der Waals surface area contributed by atoms with Crippen LogP contribution in [0.25, 0.3) is 5.65 Å². The van der Waals surface area contributed by atoms with Crippen LogP contribution in [-0.4, -0.2) is 21.7 Å². The van der Waals surface area contributed by atoms with Gasteiger partial charge in [0.05, 0.1) is 13.2 Å². The molecule has 0 saturated carbocycles. The zero-order valence-corrected chi connectivity index (χ0v) is 11.7. The molecule has 6 heteroatoms. The van der Waals surface area contributed by atoms with Gasteiger partial charge in [0.2, 0.25) is 0 Å². The third-order valence-electron chi connectivity index (χ3n) is 3.28. The molecule has 0 saturated heterocycles. The van der Waals surface area contributed by atoms with E-state index < -0.39 is 0 Å². The van der Waals surface area contributed by atoms with Crippen molar-refractivity contribution in [2.75, 3.05) is 12.4 Å². The lowest BCUT2D eigenvalue weighted by Crippen LogP contribution is -2.10. The van der Waals surface area contributed by atoms with Gasteiger partial charge in [-0.05, 0) is 37.3 Å². The summed E-state index contributed by atoms with van der Waals surface area (Å²) in [7, 11) is 1.57. The van der Waals surface area contributed by atoms with Crippen LogP contribution >= 0.6 is 0 Å². The number of fused-ring (bicyclic) bond motifs is 1. The average molecular weight is 286 g/mol. The number of hydrogen-bond donors (Lipinski definition) is 1. The van der Waals surface area contributed by atoms with Crippen LogP contribution in [0.3, 0.4) is 0 Å². The van der Waals surface area contributed by atoms with E-state index in [0.29, 0.717) is 11.6 Å². The van der Waals surface area contributed by atoms with Crippen LogP contribution in [0.1, 0.15) is 18.5 Å². The van der Waals surface area contributed by atoms with Gasteiger partial charge in [-0.1, -0.05) is 0 Å². The first kappa shape index (κ1) is 13.4. The van der Waals surface area contributed by atoms with Crippen molar-refractivity contribution in [2.45, 2.75) is 13.0 Å². The summed E-state index contributed by atoms with van der Waals surface area (Å²) < 4.78 is 20.4. The van der Waals surface area contributed by atoms with Crippen molar-refractivity contribution in [1.82, 2.24) is 14.6 Å². The molecule has 0 aliphatic heterocycles. The molecule has 3 rings (SSSR count). The quantitative estimate of drug-likeness (QED) is 0.801. The fraction of sp³-hybridized carbons (Fsp3) is 0.200. The first-order valence-electron chi connectivity index (χ1n) is 6.58. The molecule has 1 N–H and O–H groups in total. The molecule has 108 valence electrons. The van der Waals surface area contributed by atoms with Gasteiger partial charge >= 0.3 is 0 Å². The largest absolute Gasteiger partial charge is 0.496 e. The molecule has 1 atom stereocenters. The second-order valence-electron chi connectivity index (χ2n) is 4.70. The number of imidazole rings is 1. The highest BCUT2D eigenvalue weighted by atomic mass is 19.1. The summed E-state index contributed by atoms with van der Waals surface area (Å²) in [6.45, 7) is 1.93. The summed E-state index contributed by atoms with van der Waals surface area (Å²) in [5, 5.41) is 7.62. The highest BCUT2D eigenvalue weighted by Crippen LogP contribution is 2.28. The molecule has 1 aromatic carbocycles. The smallest absolute Gasteiger partial charge is 0.153 e. The van der Waals surface area contributed by atoms with Crippen LogP contribution in [0.4, 0.5) is 10.2 Å². The Kier molecular flexibility index (Phi) is 3.43. The van der Waals surface area contributed by atoms with Crippen molar-refractivity contribution in [3.63, 3.8) is 0 Å². The Hall–Kier alpha value is -2.63. The molecular formula is C15H15FN4O. The van der Waals surface area contributed by atoms with Gasteiger partial charge < -0.3 is 10.1 Å². The van der Waals surface area contributed by atoms with Gasteiger partial charge in [0.1, 0.15) is 17.4 Å². The number of hydrogen-bond acceptors (Lipinski definition) is 4. The van der Waals surface area contributed by atoms with Gasteiger partial charge in [-0.3, -0.25) is 0 Å². The fourth-order valence-corrected chi connectivity index (χ4v) is 2.24. The lowest BCUT2D eigenvalue weighted by molar-refractivity contribution is 0.406. The normalized spacial score (nSPS) is 12.3. The zero-order chi connectivity index (χ0) is 14.8. The van der Waals surface area contributed by atoms with E-state index >= 15 is 0 Å². The highest BCUT2D eigenvalue weighted by Gasteiger charge is 2.13. The Labute approximate surface area is 121 Å². The fourth-order valence-electron chi connectivity index (χ4n) is 2.24. The highest BCUT2D eigenvalue weighted by molar-refractivity contribution is 5.47. The SMILES string of the molecule is COc1ccc(F)cc1[C@@H](C)Nc1ccc2nccn2n1. The summed E-state index contributed by atoms with van der Waals surface area (Å²) in [5.41, 5.74) is 1.52. The monoisotopic (exact) mass is 286 g/mol. The van der Waals surface area contributed by atoms with Crippen LogP contribution < -0.4 is 10.1 Å². The van der Waals surface area contributed by atoms with Gasteiger partial charge in [0, 0.05) is 18.0 Å². The van der Waals surface area contributed by atoms with Crippen LogP contribution in [0.5, 0.6) is 5.75 Å². The molecule has 0 fully saturated rings. The van der Waals surface area contributed by atoms with Gasteiger partial charge in [-0.25, -0.2) is 13.9 Å². The number of anilines is 1. The maximum atomic E-state index is 13.4. The van der Waals surface area contributed by atoms with E-state index in [-0.39, 0.29) is 11.9 Å². The molecule has 5 nitrogen and oxygen atoms in total. The summed E-state index contributed by atoms with van der Waals surface area (Å²) in [4.78, 5) is 4.14.